The smallest absolute Gasteiger partial charge is 0.416 e. The average molecular weight is 508 g/mol. The van der Waals surface area contributed by atoms with Gasteiger partial charge >= 0.3 is 18.3 Å². The number of nitrogens with zero attached hydrogens (tertiary/aromatic N) is 2. The minimum Gasteiger partial charge on any atom is -0.464 e. The summed E-state index contributed by atoms with van der Waals surface area (Å²) in [5, 5.41) is 7.14. The monoisotopic (exact) mass is 508 g/mol. The maximum Gasteiger partial charge on any atom is 0.416 e. The van der Waals surface area contributed by atoms with Gasteiger partial charge in [0.15, 0.2) is 5.71 Å². The van der Waals surface area contributed by atoms with Gasteiger partial charge in [-0.3, -0.25) is 0 Å². The zero-order valence-corrected chi connectivity index (χ0v) is 18.8. The lowest BCUT2D eigenvalue weighted by atomic mass is 10.0. The molecular weight excluding hydrogens is 490 g/mol. The van der Waals surface area contributed by atoms with Crippen LogP contribution in [0.25, 0.3) is 0 Å². The van der Waals surface area contributed by atoms with Gasteiger partial charge in [-0.05, 0) is 24.5 Å². The zero-order chi connectivity index (χ0) is 25.5. The summed E-state index contributed by atoms with van der Waals surface area (Å²) in [5.41, 5.74) is -2.88. The van der Waals surface area contributed by atoms with Crippen LogP contribution in [0.2, 0.25) is 0 Å². The van der Waals surface area contributed by atoms with Crippen LogP contribution in [0.15, 0.2) is 52.8 Å². The van der Waals surface area contributed by atoms with E-state index in [0.29, 0.717) is 17.7 Å². The summed E-state index contributed by atoms with van der Waals surface area (Å²) in [6.07, 6.45) is -8.57. The third kappa shape index (κ3) is 6.89. The van der Waals surface area contributed by atoms with Gasteiger partial charge in [0.2, 0.25) is 0 Å². The molecular formula is C21H18F6N2O4S. The maximum atomic E-state index is 13.1. The number of carbonyl (C=O) groups is 1. The summed E-state index contributed by atoms with van der Waals surface area (Å²) in [7, 11) is 2.37. The fraction of sp³-hybridized carbons (Fsp3) is 0.286. The number of rotatable bonds is 7. The van der Waals surface area contributed by atoms with Gasteiger partial charge in [0.25, 0.3) is 0 Å². The van der Waals surface area contributed by atoms with Gasteiger partial charge in [0.05, 0.1) is 18.2 Å². The Bertz CT molecular complexity index is 1050. The molecule has 0 unspecified atom stereocenters. The number of carbonyl (C=O) groups excluding carboxylic acids is 1. The van der Waals surface area contributed by atoms with Crippen LogP contribution < -0.4 is 0 Å². The molecule has 0 fully saturated rings. The SMILES string of the molecule is CO/N=C(/C(=O)OC)c1ccccc1CO/N=C(\SC)c1cc(C(F)(F)F)cc(C(F)(F)F)c1. The molecule has 0 spiro atoms. The van der Waals surface area contributed by atoms with Crippen molar-refractivity contribution in [2.45, 2.75) is 19.0 Å². The Morgan fingerprint density at radius 2 is 1.53 bits per heavy atom. The van der Waals surface area contributed by atoms with Crippen molar-refractivity contribution in [3.63, 3.8) is 0 Å². The Morgan fingerprint density at radius 3 is 2.03 bits per heavy atom. The molecule has 184 valence electrons. The Kier molecular flexibility index (Phi) is 8.96. The van der Waals surface area contributed by atoms with Crippen LogP contribution in [0.3, 0.4) is 0 Å². The first-order chi connectivity index (χ1) is 15.9. The van der Waals surface area contributed by atoms with Gasteiger partial charge in [-0.15, -0.1) is 11.8 Å². The number of hydrogen-bond acceptors (Lipinski definition) is 7. The topological polar surface area (TPSA) is 69.5 Å². The molecule has 0 aliphatic heterocycles. The number of halogens is 6. The maximum absolute atomic E-state index is 13.1. The number of hydrogen-bond donors (Lipinski definition) is 0. The number of ether oxygens (including phenoxy) is 1. The van der Waals surface area contributed by atoms with Crippen LogP contribution in [0.5, 0.6) is 0 Å². The summed E-state index contributed by atoms with van der Waals surface area (Å²) in [6, 6.07) is 7.45. The second-order valence-corrected chi connectivity index (χ2v) is 7.23. The largest absolute Gasteiger partial charge is 0.464 e. The number of alkyl halides is 6. The average Bonchev–Trinajstić information content (AvgIpc) is 2.78. The molecule has 0 aromatic heterocycles. The molecule has 0 aliphatic rings. The van der Waals surface area contributed by atoms with Gasteiger partial charge in [0, 0.05) is 16.7 Å². The zero-order valence-electron chi connectivity index (χ0n) is 18.0. The van der Waals surface area contributed by atoms with Crippen molar-refractivity contribution >= 4 is 28.5 Å². The molecule has 34 heavy (non-hydrogen) atoms. The predicted octanol–water partition coefficient (Wildman–Crippen LogP) is 5.49. The summed E-state index contributed by atoms with van der Waals surface area (Å²) in [5.74, 6) is -0.800. The van der Waals surface area contributed by atoms with Crippen molar-refractivity contribution in [2.24, 2.45) is 10.3 Å². The van der Waals surface area contributed by atoms with Crippen molar-refractivity contribution in [1.82, 2.24) is 0 Å². The number of oxime groups is 2. The predicted molar refractivity (Wildman–Crippen MR) is 113 cm³/mol. The van der Waals surface area contributed by atoms with Crippen LogP contribution in [-0.2, 0) is 38.2 Å². The molecule has 0 bridgehead atoms. The lowest BCUT2D eigenvalue weighted by Gasteiger charge is -2.14. The molecule has 0 heterocycles. The van der Waals surface area contributed by atoms with Crippen LogP contribution in [-0.4, -0.2) is 37.2 Å². The van der Waals surface area contributed by atoms with E-state index >= 15 is 0 Å². The lowest BCUT2D eigenvalue weighted by Crippen LogP contribution is -2.19. The third-order valence-electron chi connectivity index (χ3n) is 4.23. The summed E-state index contributed by atoms with van der Waals surface area (Å²) in [4.78, 5) is 21.9. The quantitative estimate of drug-likeness (QED) is 0.163. The highest BCUT2D eigenvalue weighted by atomic mass is 32.2. The van der Waals surface area contributed by atoms with Gasteiger partial charge in [0.1, 0.15) is 18.8 Å². The molecule has 2 rings (SSSR count). The van der Waals surface area contributed by atoms with Crippen molar-refractivity contribution in [3.05, 3.63) is 70.3 Å². The van der Waals surface area contributed by atoms with E-state index in [0.717, 1.165) is 18.9 Å². The van der Waals surface area contributed by atoms with E-state index in [-0.39, 0.29) is 29.0 Å². The highest BCUT2D eigenvalue weighted by Crippen LogP contribution is 2.37. The molecule has 0 atom stereocenters. The molecule has 0 saturated heterocycles. The fourth-order valence-electron chi connectivity index (χ4n) is 2.71. The van der Waals surface area contributed by atoms with Crippen molar-refractivity contribution in [3.8, 4) is 0 Å². The molecule has 2 aromatic carbocycles. The molecule has 0 amide bonds. The van der Waals surface area contributed by atoms with Gasteiger partial charge < -0.3 is 14.4 Å². The number of esters is 1. The molecule has 0 aliphatic carbocycles. The van der Waals surface area contributed by atoms with Crippen molar-refractivity contribution in [1.29, 1.82) is 0 Å². The highest BCUT2D eigenvalue weighted by molar-refractivity contribution is 8.13. The second-order valence-electron chi connectivity index (χ2n) is 6.44. The van der Waals surface area contributed by atoms with Gasteiger partial charge in [-0.1, -0.05) is 34.6 Å². The van der Waals surface area contributed by atoms with E-state index < -0.39 is 35.0 Å². The third-order valence-corrected chi connectivity index (χ3v) is 4.93. The number of methoxy groups -OCH3 is 1. The standard InChI is InChI=1S/C21H18F6N2O4S/c1-31-19(30)17(28-32-2)16-7-5-4-6-12(16)11-33-29-18(34-3)13-8-14(20(22,23)24)10-15(9-13)21(25,26)27/h4-10H,11H2,1-3H3/b28-17+,29-18-. The van der Waals surface area contributed by atoms with Gasteiger partial charge in [-0.25, -0.2) is 4.79 Å². The first-order valence-electron chi connectivity index (χ1n) is 9.24. The highest BCUT2D eigenvalue weighted by Gasteiger charge is 2.37. The summed E-state index contributed by atoms with van der Waals surface area (Å²) >= 11 is 0.796. The van der Waals surface area contributed by atoms with E-state index in [1.807, 2.05) is 0 Å². The Labute approximate surface area is 194 Å². The fourth-order valence-corrected chi connectivity index (χ4v) is 3.19. The minimum atomic E-state index is -5.00. The second kappa shape index (κ2) is 11.3. The number of thioether (sulfide) groups is 1. The Morgan fingerprint density at radius 1 is 0.941 bits per heavy atom. The van der Waals surface area contributed by atoms with Crippen molar-refractivity contribution in [2.75, 3.05) is 20.5 Å². The van der Waals surface area contributed by atoms with E-state index in [2.05, 4.69) is 19.9 Å². The van der Waals surface area contributed by atoms with Crippen molar-refractivity contribution < 1.29 is 45.5 Å². The lowest BCUT2D eigenvalue weighted by molar-refractivity contribution is -0.143. The van der Waals surface area contributed by atoms with E-state index in [1.54, 1.807) is 18.2 Å². The first-order valence-corrected chi connectivity index (χ1v) is 10.5. The van der Waals surface area contributed by atoms with E-state index in [1.165, 1.54) is 19.4 Å². The first kappa shape index (κ1) is 27.0. The molecule has 0 N–H and O–H groups in total. The number of benzene rings is 2. The molecule has 0 radical (unpaired) electrons. The minimum absolute atomic E-state index is 0.0298. The van der Waals surface area contributed by atoms with Crippen LogP contribution >= 0.6 is 11.8 Å². The molecule has 0 saturated carbocycles. The van der Waals surface area contributed by atoms with Crippen LogP contribution in [0, 0.1) is 0 Å². The summed E-state index contributed by atoms with van der Waals surface area (Å²) in [6.45, 7) is -0.287. The molecule has 13 heteroatoms. The molecule has 6 nitrogen and oxygen atoms in total. The normalized spacial score (nSPS) is 13.0. The van der Waals surface area contributed by atoms with E-state index in [9.17, 15) is 31.1 Å². The summed E-state index contributed by atoms with van der Waals surface area (Å²) < 4.78 is 83.6. The Hall–Kier alpha value is -3.22. The van der Waals surface area contributed by atoms with Gasteiger partial charge in [-0.2, -0.15) is 26.3 Å². The van der Waals surface area contributed by atoms with Crippen LogP contribution in [0.1, 0.15) is 27.8 Å². The van der Waals surface area contributed by atoms with Crippen LogP contribution in [0.4, 0.5) is 26.3 Å². The molecule has 2 aromatic rings. The van der Waals surface area contributed by atoms with E-state index in [4.69, 9.17) is 4.84 Å². The Balaban J connectivity index is 2.40.